The van der Waals surface area contributed by atoms with Gasteiger partial charge in [-0.15, -0.1) is 0 Å². The molecular formula is C20H27NO2. The van der Waals surface area contributed by atoms with Crippen molar-refractivity contribution in [2.45, 2.75) is 32.7 Å². The van der Waals surface area contributed by atoms with E-state index in [4.69, 9.17) is 9.47 Å². The third-order valence-electron chi connectivity index (χ3n) is 4.27. The van der Waals surface area contributed by atoms with Crippen molar-refractivity contribution < 1.29 is 9.47 Å². The smallest absolute Gasteiger partial charge is 0.127 e. The van der Waals surface area contributed by atoms with Crippen LogP contribution in [0.15, 0.2) is 48.5 Å². The summed E-state index contributed by atoms with van der Waals surface area (Å²) in [5.41, 5.74) is 1.34. The zero-order valence-electron chi connectivity index (χ0n) is 14.5. The summed E-state index contributed by atoms with van der Waals surface area (Å²) >= 11 is 0. The third-order valence-corrected chi connectivity index (χ3v) is 4.27. The fraction of sp³-hybridized carbons (Fsp3) is 0.400. The molecule has 2 atom stereocenters. The van der Waals surface area contributed by atoms with Crippen LogP contribution in [-0.2, 0) is 6.42 Å². The van der Waals surface area contributed by atoms with Gasteiger partial charge in [0.2, 0.25) is 0 Å². The van der Waals surface area contributed by atoms with Gasteiger partial charge in [0.15, 0.2) is 0 Å². The van der Waals surface area contributed by atoms with E-state index in [0.717, 1.165) is 30.1 Å². The summed E-state index contributed by atoms with van der Waals surface area (Å²) in [6, 6.07) is 16.5. The van der Waals surface area contributed by atoms with E-state index in [1.165, 1.54) is 5.56 Å². The quantitative estimate of drug-likeness (QED) is 0.768. The van der Waals surface area contributed by atoms with Gasteiger partial charge in [-0.25, -0.2) is 0 Å². The van der Waals surface area contributed by atoms with Crippen LogP contribution in [0.25, 0.3) is 0 Å². The molecule has 2 unspecified atom stereocenters. The summed E-state index contributed by atoms with van der Waals surface area (Å²) in [4.78, 5) is 0. The highest BCUT2D eigenvalue weighted by Gasteiger charge is 2.13. The largest absolute Gasteiger partial charge is 0.497 e. The first-order chi connectivity index (χ1) is 11.2. The molecule has 0 spiro atoms. The molecular weight excluding hydrogens is 286 g/mol. The fourth-order valence-electron chi connectivity index (χ4n) is 2.88. The Kier molecular flexibility index (Phi) is 6.48. The van der Waals surface area contributed by atoms with Crippen molar-refractivity contribution in [3.63, 3.8) is 0 Å². The van der Waals surface area contributed by atoms with Gasteiger partial charge >= 0.3 is 0 Å². The monoisotopic (exact) mass is 313 g/mol. The molecule has 3 nitrogen and oxygen atoms in total. The SMILES string of the molecule is CCC(NC)C(C)Cc1ccc(Oc2ccc(OC)cc2)cc1. The van der Waals surface area contributed by atoms with E-state index >= 15 is 0 Å². The average Bonchev–Trinajstić information content (AvgIpc) is 2.58. The van der Waals surface area contributed by atoms with Gasteiger partial charge in [-0.1, -0.05) is 26.0 Å². The molecule has 0 amide bonds. The minimum atomic E-state index is 0.560. The van der Waals surface area contributed by atoms with Crippen molar-refractivity contribution in [2.75, 3.05) is 14.2 Å². The molecule has 0 saturated carbocycles. The van der Waals surface area contributed by atoms with Gasteiger partial charge in [-0.05, 0) is 67.8 Å². The minimum Gasteiger partial charge on any atom is -0.497 e. The minimum absolute atomic E-state index is 0.560. The van der Waals surface area contributed by atoms with Crippen LogP contribution < -0.4 is 14.8 Å². The molecule has 2 rings (SSSR count). The highest BCUT2D eigenvalue weighted by Crippen LogP contribution is 2.24. The first kappa shape index (κ1) is 17.4. The van der Waals surface area contributed by atoms with Crippen LogP contribution >= 0.6 is 0 Å². The lowest BCUT2D eigenvalue weighted by atomic mass is 9.92. The van der Waals surface area contributed by atoms with Gasteiger partial charge in [-0.3, -0.25) is 0 Å². The predicted molar refractivity (Wildman–Crippen MR) is 95.5 cm³/mol. The van der Waals surface area contributed by atoms with Crippen LogP contribution in [0.1, 0.15) is 25.8 Å². The van der Waals surface area contributed by atoms with Crippen molar-refractivity contribution in [1.29, 1.82) is 0 Å². The van der Waals surface area contributed by atoms with Gasteiger partial charge in [0, 0.05) is 6.04 Å². The normalized spacial score (nSPS) is 13.4. The molecule has 2 aromatic rings. The number of hydrogen-bond donors (Lipinski definition) is 1. The Morgan fingerprint density at radius 1 is 0.913 bits per heavy atom. The topological polar surface area (TPSA) is 30.5 Å². The van der Waals surface area contributed by atoms with E-state index in [9.17, 15) is 0 Å². The van der Waals surface area contributed by atoms with Gasteiger partial charge in [0.25, 0.3) is 0 Å². The van der Waals surface area contributed by atoms with Crippen LogP contribution in [-0.4, -0.2) is 20.2 Å². The van der Waals surface area contributed by atoms with E-state index in [1.807, 2.05) is 43.4 Å². The lowest BCUT2D eigenvalue weighted by Gasteiger charge is -2.22. The molecule has 0 saturated heterocycles. The number of ether oxygens (including phenoxy) is 2. The Labute approximate surface area is 139 Å². The number of nitrogens with one attached hydrogen (secondary N) is 1. The first-order valence-corrected chi connectivity index (χ1v) is 8.24. The zero-order valence-corrected chi connectivity index (χ0v) is 14.5. The van der Waals surface area contributed by atoms with Crippen molar-refractivity contribution in [2.24, 2.45) is 5.92 Å². The molecule has 0 aliphatic carbocycles. The van der Waals surface area contributed by atoms with Crippen molar-refractivity contribution in [3.8, 4) is 17.2 Å². The maximum Gasteiger partial charge on any atom is 0.127 e. The lowest BCUT2D eigenvalue weighted by Crippen LogP contribution is -2.32. The van der Waals surface area contributed by atoms with Gasteiger partial charge < -0.3 is 14.8 Å². The zero-order chi connectivity index (χ0) is 16.7. The van der Waals surface area contributed by atoms with E-state index in [1.54, 1.807) is 7.11 Å². The third kappa shape index (κ3) is 5.00. The molecule has 0 radical (unpaired) electrons. The standard InChI is InChI=1S/C20H27NO2/c1-5-20(21-3)15(2)14-16-6-8-18(9-7-16)23-19-12-10-17(22-4)11-13-19/h6-13,15,20-21H,5,14H2,1-4H3. The molecule has 2 aromatic carbocycles. The van der Waals surface area contributed by atoms with Crippen LogP contribution in [0.3, 0.4) is 0 Å². The second-order valence-electron chi connectivity index (χ2n) is 5.91. The van der Waals surface area contributed by atoms with Crippen LogP contribution in [0.4, 0.5) is 0 Å². The first-order valence-electron chi connectivity index (χ1n) is 8.24. The summed E-state index contributed by atoms with van der Waals surface area (Å²) in [6.07, 6.45) is 2.22. The molecule has 1 N–H and O–H groups in total. The summed E-state index contributed by atoms with van der Waals surface area (Å²) in [7, 11) is 3.70. The van der Waals surface area contributed by atoms with E-state index in [-0.39, 0.29) is 0 Å². The number of methoxy groups -OCH3 is 1. The summed E-state index contributed by atoms with van der Waals surface area (Å²) in [5, 5.41) is 3.39. The molecule has 23 heavy (non-hydrogen) atoms. The molecule has 0 heterocycles. The van der Waals surface area contributed by atoms with Crippen molar-refractivity contribution >= 4 is 0 Å². The lowest BCUT2D eigenvalue weighted by molar-refractivity contribution is 0.386. The second-order valence-corrected chi connectivity index (χ2v) is 5.91. The van der Waals surface area contributed by atoms with Crippen molar-refractivity contribution in [1.82, 2.24) is 5.32 Å². The van der Waals surface area contributed by atoms with Gasteiger partial charge in [0.05, 0.1) is 7.11 Å². The molecule has 0 aliphatic rings. The maximum absolute atomic E-state index is 5.86. The highest BCUT2D eigenvalue weighted by atomic mass is 16.5. The van der Waals surface area contributed by atoms with E-state index in [0.29, 0.717) is 12.0 Å². The molecule has 0 fully saturated rings. The van der Waals surface area contributed by atoms with Crippen LogP contribution in [0.5, 0.6) is 17.2 Å². The van der Waals surface area contributed by atoms with Gasteiger partial charge in [-0.2, -0.15) is 0 Å². The second kappa shape index (κ2) is 8.59. The molecule has 0 aliphatic heterocycles. The van der Waals surface area contributed by atoms with Gasteiger partial charge in [0.1, 0.15) is 17.2 Å². The summed E-state index contributed by atoms with van der Waals surface area (Å²) in [6.45, 7) is 4.52. The number of benzene rings is 2. The molecule has 124 valence electrons. The summed E-state index contributed by atoms with van der Waals surface area (Å²) in [5.74, 6) is 3.11. The van der Waals surface area contributed by atoms with Crippen molar-refractivity contribution in [3.05, 3.63) is 54.1 Å². The number of hydrogen-bond acceptors (Lipinski definition) is 3. The van der Waals surface area contributed by atoms with E-state index < -0.39 is 0 Å². The Hall–Kier alpha value is -2.00. The number of rotatable bonds is 8. The molecule has 3 heteroatoms. The fourth-order valence-corrected chi connectivity index (χ4v) is 2.88. The predicted octanol–water partition coefficient (Wildman–Crippen LogP) is 4.66. The van der Waals surface area contributed by atoms with Crippen LogP contribution in [0, 0.1) is 5.92 Å². The molecule has 0 aromatic heterocycles. The average molecular weight is 313 g/mol. The Morgan fingerprint density at radius 3 is 1.91 bits per heavy atom. The highest BCUT2D eigenvalue weighted by molar-refractivity contribution is 5.36. The Balaban J connectivity index is 1.95. The summed E-state index contributed by atoms with van der Waals surface area (Å²) < 4.78 is 11.0. The Morgan fingerprint density at radius 2 is 1.43 bits per heavy atom. The van der Waals surface area contributed by atoms with Crippen LogP contribution in [0.2, 0.25) is 0 Å². The Bertz CT molecular complexity index is 574. The molecule has 0 bridgehead atoms. The maximum atomic E-state index is 5.86. The van der Waals surface area contributed by atoms with E-state index in [2.05, 4.69) is 31.3 Å².